The van der Waals surface area contributed by atoms with E-state index in [0.717, 1.165) is 22.6 Å². The van der Waals surface area contributed by atoms with Gasteiger partial charge >= 0.3 is 6.03 Å². The molecule has 1 aromatic heterocycles. The number of carbonyl (C=O) groups is 2. The molecule has 3 amide bonds. The molecule has 1 unspecified atom stereocenters. The maximum Gasteiger partial charge on any atom is 0.322 e. The van der Waals surface area contributed by atoms with E-state index < -0.39 is 0 Å². The van der Waals surface area contributed by atoms with Gasteiger partial charge in [0.15, 0.2) is 0 Å². The van der Waals surface area contributed by atoms with Gasteiger partial charge in [0.25, 0.3) is 0 Å². The molecular formula is C23H25N5O2. The Kier molecular flexibility index (Phi) is 5.52. The first-order valence-corrected chi connectivity index (χ1v) is 10.0. The fourth-order valence-electron chi connectivity index (χ4n) is 3.87. The van der Waals surface area contributed by atoms with Gasteiger partial charge in [-0.25, -0.2) is 9.48 Å². The van der Waals surface area contributed by atoms with E-state index >= 15 is 0 Å². The van der Waals surface area contributed by atoms with Gasteiger partial charge in [-0.1, -0.05) is 42.5 Å². The lowest BCUT2D eigenvalue weighted by Gasteiger charge is -2.30. The van der Waals surface area contributed by atoms with Crippen molar-refractivity contribution in [2.24, 2.45) is 0 Å². The second-order valence-electron chi connectivity index (χ2n) is 7.46. The summed E-state index contributed by atoms with van der Waals surface area (Å²) in [6, 6.07) is 18.7. The number of para-hydroxylation sites is 2. The van der Waals surface area contributed by atoms with Gasteiger partial charge in [0.05, 0.1) is 29.5 Å². The first-order chi connectivity index (χ1) is 14.5. The molecule has 0 bridgehead atoms. The molecule has 7 nitrogen and oxygen atoms in total. The number of aryl methyl sites for hydroxylation is 2. The molecule has 0 saturated carbocycles. The van der Waals surface area contributed by atoms with Gasteiger partial charge < -0.3 is 15.5 Å². The van der Waals surface area contributed by atoms with Crippen LogP contribution in [-0.4, -0.2) is 39.7 Å². The summed E-state index contributed by atoms with van der Waals surface area (Å²) in [4.78, 5) is 27.2. The van der Waals surface area contributed by atoms with E-state index in [-0.39, 0.29) is 24.4 Å². The second kappa shape index (κ2) is 8.41. The Bertz CT molecular complexity index is 1060. The summed E-state index contributed by atoms with van der Waals surface area (Å²) in [6.07, 6.45) is 0.233. The number of nitrogens with zero attached hydrogens (tertiary/aromatic N) is 3. The first-order valence-electron chi connectivity index (χ1n) is 10.0. The van der Waals surface area contributed by atoms with Crippen molar-refractivity contribution in [3.8, 4) is 5.69 Å². The molecule has 1 fully saturated rings. The van der Waals surface area contributed by atoms with E-state index in [9.17, 15) is 9.59 Å². The Balaban J connectivity index is 1.64. The molecule has 2 heterocycles. The number of amides is 3. The predicted molar refractivity (Wildman–Crippen MR) is 116 cm³/mol. The number of carbonyl (C=O) groups excluding carboxylic acids is 2. The molecule has 154 valence electrons. The van der Waals surface area contributed by atoms with Crippen molar-refractivity contribution in [1.82, 2.24) is 20.0 Å². The van der Waals surface area contributed by atoms with Crippen molar-refractivity contribution >= 4 is 17.6 Å². The molecule has 2 aromatic carbocycles. The largest absolute Gasteiger partial charge is 0.354 e. The van der Waals surface area contributed by atoms with Gasteiger partial charge in [0, 0.05) is 18.8 Å². The highest BCUT2D eigenvalue weighted by Crippen LogP contribution is 2.28. The molecule has 1 aliphatic rings. The van der Waals surface area contributed by atoms with E-state index in [1.807, 2.05) is 79.2 Å². The molecule has 0 spiro atoms. The quantitative estimate of drug-likeness (QED) is 0.702. The molecule has 30 heavy (non-hydrogen) atoms. The minimum absolute atomic E-state index is 0.0535. The highest BCUT2D eigenvalue weighted by atomic mass is 16.2. The Labute approximate surface area is 175 Å². The zero-order valence-electron chi connectivity index (χ0n) is 17.1. The third kappa shape index (κ3) is 4.05. The summed E-state index contributed by atoms with van der Waals surface area (Å²) in [6.45, 7) is 4.78. The Morgan fingerprint density at radius 3 is 2.57 bits per heavy atom. The Morgan fingerprint density at radius 1 is 1.10 bits per heavy atom. The van der Waals surface area contributed by atoms with Crippen LogP contribution in [0.3, 0.4) is 0 Å². The number of hydrogen-bond acceptors (Lipinski definition) is 3. The standard InChI is InChI=1S/C23H25N5O2/c1-16-14-17(2)28(26-16)20-11-7-6-10-19(20)25-23(30)27-13-12-24-22(29)15-21(27)18-8-4-3-5-9-18/h3-11,14,21H,12-13,15H2,1-2H3,(H,24,29)(H,25,30). The highest BCUT2D eigenvalue weighted by molar-refractivity contribution is 5.92. The van der Waals surface area contributed by atoms with Crippen LogP contribution in [-0.2, 0) is 4.79 Å². The second-order valence-corrected chi connectivity index (χ2v) is 7.46. The molecule has 2 N–H and O–H groups in total. The van der Waals surface area contributed by atoms with E-state index in [1.54, 1.807) is 4.90 Å². The molecule has 3 aromatic rings. The maximum absolute atomic E-state index is 13.3. The molecule has 1 saturated heterocycles. The third-order valence-electron chi connectivity index (χ3n) is 5.26. The normalized spacial score (nSPS) is 16.7. The van der Waals surface area contributed by atoms with Crippen LogP contribution in [0.4, 0.5) is 10.5 Å². The van der Waals surface area contributed by atoms with Crippen molar-refractivity contribution in [3.05, 3.63) is 77.6 Å². The molecular weight excluding hydrogens is 378 g/mol. The van der Waals surface area contributed by atoms with Crippen LogP contribution in [0, 0.1) is 13.8 Å². The number of anilines is 1. The third-order valence-corrected chi connectivity index (χ3v) is 5.26. The zero-order valence-corrected chi connectivity index (χ0v) is 17.1. The summed E-state index contributed by atoms with van der Waals surface area (Å²) in [7, 11) is 0. The molecule has 7 heteroatoms. The Morgan fingerprint density at radius 2 is 1.83 bits per heavy atom. The van der Waals surface area contributed by atoms with Crippen molar-refractivity contribution < 1.29 is 9.59 Å². The van der Waals surface area contributed by atoms with Gasteiger partial charge in [-0.2, -0.15) is 5.10 Å². The average Bonchev–Trinajstić information content (AvgIpc) is 2.95. The Hall–Kier alpha value is -3.61. The van der Waals surface area contributed by atoms with Crippen molar-refractivity contribution in [2.75, 3.05) is 18.4 Å². The van der Waals surface area contributed by atoms with E-state index in [2.05, 4.69) is 15.7 Å². The summed E-state index contributed by atoms with van der Waals surface area (Å²) in [5.74, 6) is -0.0535. The fourth-order valence-corrected chi connectivity index (χ4v) is 3.87. The molecule has 0 radical (unpaired) electrons. The molecule has 1 atom stereocenters. The molecule has 4 rings (SSSR count). The monoisotopic (exact) mass is 403 g/mol. The minimum Gasteiger partial charge on any atom is -0.354 e. The van der Waals surface area contributed by atoms with Crippen LogP contribution in [0.5, 0.6) is 0 Å². The van der Waals surface area contributed by atoms with Crippen LogP contribution >= 0.6 is 0 Å². The number of benzene rings is 2. The van der Waals surface area contributed by atoms with Gasteiger partial charge in [-0.05, 0) is 37.6 Å². The summed E-state index contributed by atoms with van der Waals surface area (Å²) in [5.41, 5.74) is 4.31. The van der Waals surface area contributed by atoms with Gasteiger partial charge in [0.2, 0.25) is 5.91 Å². The lowest BCUT2D eigenvalue weighted by Crippen LogP contribution is -2.39. The van der Waals surface area contributed by atoms with Crippen LogP contribution in [0.15, 0.2) is 60.7 Å². The first kappa shape index (κ1) is 19.7. The van der Waals surface area contributed by atoms with Gasteiger partial charge in [-0.3, -0.25) is 4.79 Å². The minimum atomic E-state index is -0.324. The number of aromatic nitrogens is 2. The van der Waals surface area contributed by atoms with E-state index in [1.165, 1.54) is 0 Å². The van der Waals surface area contributed by atoms with Crippen molar-refractivity contribution in [2.45, 2.75) is 26.3 Å². The van der Waals surface area contributed by atoms with Gasteiger partial charge in [-0.15, -0.1) is 0 Å². The van der Waals surface area contributed by atoms with Crippen molar-refractivity contribution in [3.63, 3.8) is 0 Å². The predicted octanol–water partition coefficient (Wildman–Crippen LogP) is 3.58. The SMILES string of the molecule is Cc1cc(C)n(-c2ccccc2NC(=O)N2CCNC(=O)CC2c2ccccc2)n1. The molecule has 0 aliphatic carbocycles. The highest BCUT2D eigenvalue weighted by Gasteiger charge is 2.30. The van der Waals surface area contributed by atoms with Crippen LogP contribution in [0.2, 0.25) is 0 Å². The van der Waals surface area contributed by atoms with Crippen LogP contribution < -0.4 is 10.6 Å². The van der Waals surface area contributed by atoms with Crippen molar-refractivity contribution in [1.29, 1.82) is 0 Å². The van der Waals surface area contributed by atoms with E-state index in [0.29, 0.717) is 18.8 Å². The van der Waals surface area contributed by atoms with Crippen LogP contribution in [0.25, 0.3) is 5.69 Å². The molecule has 1 aliphatic heterocycles. The smallest absolute Gasteiger partial charge is 0.322 e. The topological polar surface area (TPSA) is 79.3 Å². The lowest BCUT2D eigenvalue weighted by molar-refractivity contribution is -0.121. The number of hydrogen-bond donors (Lipinski definition) is 2. The van der Waals surface area contributed by atoms with Crippen LogP contribution in [0.1, 0.15) is 29.4 Å². The summed E-state index contributed by atoms with van der Waals surface area (Å²) < 4.78 is 1.83. The number of nitrogens with one attached hydrogen (secondary N) is 2. The average molecular weight is 403 g/mol. The number of urea groups is 1. The maximum atomic E-state index is 13.3. The lowest BCUT2D eigenvalue weighted by atomic mass is 10.0. The zero-order chi connectivity index (χ0) is 21.1. The fraction of sp³-hybridized carbons (Fsp3) is 0.261. The number of rotatable bonds is 3. The summed E-state index contributed by atoms with van der Waals surface area (Å²) in [5, 5.41) is 10.5. The summed E-state index contributed by atoms with van der Waals surface area (Å²) >= 11 is 0. The van der Waals surface area contributed by atoms with Gasteiger partial charge in [0.1, 0.15) is 0 Å². The van der Waals surface area contributed by atoms with E-state index in [4.69, 9.17) is 0 Å².